The summed E-state index contributed by atoms with van der Waals surface area (Å²) < 4.78 is 1.56. The second kappa shape index (κ2) is 9.10. The van der Waals surface area contributed by atoms with E-state index in [1.807, 2.05) is 42.2 Å². The first kappa shape index (κ1) is 20.8. The van der Waals surface area contributed by atoms with E-state index in [4.69, 9.17) is 0 Å². The van der Waals surface area contributed by atoms with Gasteiger partial charge in [-0.15, -0.1) is 11.3 Å². The topological polar surface area (TPSA) is 75.4 Å². The largest absolute Gasteiger partial charge is 0.396 e. The number of fused-ring (bicyclic) bond motifs is 1. The van der Waals surface area contributed by atoms with Crippen molar-refractivity contribution in [2.24, 2.45) is 0 Å². The first-order chi connectivity index (χ1) is 14.6. The number of aryl methyl sites for hydroxylation is 2. The second-order valence-corrected chi connectivity index (χ2v) is 9.02. The van der Waals surface area contributed by atoms with E-state index in [0.29, 0.717) is 18.4 Å². The van der Waals surface area contributed by atoms with Crippen molar-refractivity contribution in [2.45, 2.75) is 51.6 Å². The van der Waals surface area contributed by atoms with E-state index in [2.05, 4.69) is 4.98 Å². The highest BCUT2D eigenvalue weighted by atomic mass is 32.1. The Balaban J connectivity index is 1.59. The van der Waals surface area contributed by atoms with Gasteiger partial charge in [0.05, 0.1) is 11.7 Å². The highest BCUT2D eigenvalue weighted by Gasteiger charge is 2.26. The smallest absolute Gasteiger partial charge is 0.262 e. The number of carbonyl (C=O) groups is 1. The molecule has 2 aromatic heterocycles. The third kappa shape index (κ3) is 4.04. The lowest BCUT2D eigenvalue weighted by Gasteiger charge is -2.35. The molecule has 1 amide bonds. The lowest BCUT2D eigenvalue weighted by Crippen LogP contribution is -2.44. The zero-order valence-electron chi connectivity index (χ0n) is 17.2. The summed E-state index contributed by atoms with van der Waals surface area (Å²) in [5.41, 5.74) is 1.85. The van der Waals surface area contributed by atoms with Crippen molar-refractivity contribution < 1.29 is 9.90 Å². The number of aliphatic hydroxyl groups excluding tert-OH is 1. The fourth-order valence-electron chi connectivity index (χ4n) is 4.39. The summed E-state index contributed by atoms with van der Waals surface area (Å²) in [7, 11) is 0. The van der Waals surface area contributed by atoms with Gasteiger partial charge in [-0.3, -0.25) is 14.2 Å². The van der Waals surface area contributed by atoms with Crippen molar-refractivity contribution in [3.05, 3.63) is 51.9 Å². The summed E-state index contributed by atoms with van der Waals surface area (Å²) in [5, 5.41) is 9.93. The van der Waals surface area contributed by atoms with Crippen LogP contribution in [0.3, 0.4) is 0 Å². The summed E-state index contributed by atoms with van der Waals surface area (Å²) in [4.78, 5) is 34.3. The van der Waals surface area contributed by atoms with Crippen LogP contribution in [0.1, 0.15) is 37.0 Å². The highest BCUT2D eigenvalue weighted by Crippen LogP contribution is 2.35. The lowest BCUT2D eigenvalue weighted by molar-refractivity contribution is -0.135. The maximum Gasteiger partial charge on any atom is 0.262 e. The van der Waals surface area contributed by atoms with Crippen LogP contribution >= 0.6 is 11.3 Å². The molecule has 4 rings (SSSR count). The SMILES string of the molecule is Cc1sc2ncn(CCC(=O)N3CCCCC3CCO)c(=O)c2c1-c1ccccc1. The summed E-state index contributed by atoms with van der Waals surface area (Å²) in [6.45, 7) is 3.15. The zero-order valence-corrected chi connectivity index (χ0v) is 18.0. The number of aliphatic hydroxyl groups is 1. The Kier molecular flexibility index (Phi) is 6.29. The van der Waals surface area contributed by atoms with Crippen LogP contribution in [-0.4, -0.2) is 44.7 Å². The fraction of sp³-hybridized carbons (Fsp3) is 0.435. The van der Waals surface area contributed by atoms with E-state index in [0.717, 1.165) is 46.6 Å². The molecule has 0 bridgehead atoms. The highest BCUT2D eigenvalue weighted by molar-refractivity contribution is 7.19. The number of hydrogen-bond acceptors (Lipinski definition) is 5. The molecule has 0 radical (unpaired) electrons. The molecule has 1 saturated heterocycles. The lowest BCUT2D eigenvalue weighted by atomic mass is 9.99. The Morgan fingerprint density at radius 3 is 2.83 bits per heavy atom. The Morgan fingerprint density at radius 1 is 1.27 bits per heavy atom. The minimum absolute atomic E-state index is 0.0462. The Labute approximate surface area is 179 Å². The summed E-state index contributed by atoms with van der Waals surface area (Å²) in [6, 6.07) is 10.0. The van der Waals surface area contributed by atoms with Crippen molar-refractivity contribution in [2.75, 3.05) is 13.2 Å². The summed E-state index contributed by atoms with van der Waals surface area (Å²) >= 11 is 1.53. The molecular formula is C23H27N3O3S. The third-order valence-corrected chi connectivity index (χ3v) is 6.91. The van der Waals surface area contributed by atoms with Crippen LogP contribution in [0.5, 0.6) is 0 Å². The van der Waals surface area contributed by atoms with Crippen LogP contribution in [0.25, 0.3) is 21.3 Å². The van der Waals surface area contributed by atoms with Crippen molar-refractivity contribution in [3.63, 3.8) is 0 Å². The minimum Gasteiger partial charge on any atom is -0.396 e. The van der Waals surface area contributed by atoms with Gasteiger partial charge in [0.15, 0.2) is 0 Å². The van der Waals surface area contributed by atoms with Crippen molar-refractivity contribution in [1.82, 2.24) is 14.5 Å². The first-order valence-electron chi connectivity index (χ1n) is 10.5. The van der Waals surface area contributed by atoms with E-state index >= 15 is 0 Å². The number of amides is 1. The van der Waals surface area contributed by atoms with Gasteiger partial charge in [0.25, 0.3) is 5.56 Å². The van der Waals surface area contributed by atoms with E-state index in [-0.39, 0.29) is 30.5 Å². The molecule has 1 aliphatic rings. The van der Waals surface area contributed by atoms with E-state index < -0.39 is 0 Å². The summed E-state index contributed by atoms with van der Waals surface area (Å²) in [6.07, 6.45) is 5.47. The zero-order chi connectivity index (χ0) is 21.1. The molecule has 1 aromatic carbocycles. The number of aromatic nitrogens is 2. The van der Waals surface area contributed by atoms with Crippen LogP contribution < -0.4 is 5.56 Å². The van der Waals surface area contributed by atoms with Gasteiger partial charge in [0, 0.05) is 42.6 Å². The average molecular weight is 426 g/mol. The van der Waals surface area contributed by atoms with E-state index in [1.165, 1.54) is 11.3 Å². The maximum absolute atomic E-state index is 13.3. The van der Waals surface area contributed by atoms with Gasteiger partial charge in [0.1, 0.15) is 4.83 Å². The van der Waals surface area contributed by atoms with Gasteiger partial charge in [-0.1, -0.05) is 30.3 Å². The molecule has 0 saturated carbocycles. The van der Waals surface area contributed by atoms with E-state index in [9.17, 15) is 14.7 Å². The molecule has 1 atom stereocenters. The van der Waals surface area contributed by atoms with Crippen molar-refractivity contribution >= 4 is 27.5 Å². The predicted molar refractivity (Wildman–Crippen MR) is 120 cm³/mol. The van der Waals surface area contributed by atoms with Gasteiger partial charge in [-0.2, -0.15) is 0 Å². The summed E-state index contributed by atoms with van der Waals surface area (Å²) in [5.74, 6) is 0.0462. The number of nitrogens with zero attached hydrogens (tertiary/aromatic N) is 3. The monoisotopic (exact) mass is 425 g/mol. The third-order valence-electron chi connectivity index (χ3n) is 5.89. The first-order valence-corrected chi connectivity index (χ1v) is 11.4. The number of rotatable bonds is 6. The maximum atomic E-state index is 13.3. The van der Waals surface area contributed by atoms with Gasteiger partial charge >= 0.3 is 0 Å². The quantitative estimate of drug-likeness (QED) is 0.655. The number of thiophene rings is 1. The fourth-order valence-corrected chi connectivity index (χ4v) is 5.39. The van der Waals surface area contributed by atoms with Crippen molar-refractivity contribution in [1.29, 1.82) is 0 Å². The molecule has 1 N–H and O–H groups in total. The Bertz CT molecular complexity index is 1090. The molecule has 0 aliphatic carbocycles. The molecule has 7 heteroatoms. The Morgan fingerprint density at radius 2 is 2.07 bits per heavy atom. The molecule has 0 spiro atoms. The molecular weight excluding hydrogens is 398 g/mol. The van der Waals surface area contributed by atoms with E-state index in [1.54, 1.807) is 10.9 Å². The molecule has 3 aromatic rings. The number of benzene rings is 1. The normalized spacial score (nSPS) is 16.9. The molecule has 1 aliphatic heterocycles. The predicted octanol–water partition coefficient (Wildman–Crippen LogP) is 3.59. The van der Waals surface area contributed by atoms with Crippen LogP contribution in [-0.2, 0) is 11.3 Å². The van der Waals surface area contributed by atoms with Gasteiger partial charge < -0.3 is 10.0 Å². The van der Waals surface area contributed by atoms with Crippen LogP contribution in [0, 0.1) is 6.92 Å². The van der Waals surface area contributed by atoms with Crippen LogP contribution in [0.15, 0.2) is 41.5 Å². The molecule has 3 heterocycles. The molecule has 158 valence electrons. The number of likely N-dealkylation sites (tertiary alicyclic amines) is 1. The second-order valence-electron chi connectivity index (χ2n) is 7.82. The average Bonchev–Trinajstić information content (AvgIpc) is 3.11. The molecule has 6 nitrogen and oxygen atoms in total. The van der Waals surface area contributed by atoms with Crippen molar-refractivity contribution in [3.8, 4) is 11.1 Å². The molecule has 1 fully saturated rings. The van der Waals surface area contributed by atoms with Crippen LogP contribution in [0.2, 0.25) is 0 Å². The Hall–Kier alpha value is -2.51. The van der Waals surface area contributed by atoms with Gasteiger partial charge in [-0.25, -0.2) is 4.98 Å². The standard InChI is InChI=1S/C23H27N3O3S/c1-16-20(17-7-3-2-4-8-17)21-22(30-16)24-15-25(23(21)29)13-10-19(28)26-12-6-5-9-18(26)11-14-27/h2-4,7-8,15,18,27H,5-6,9-14H2,1H3. The number of piperidine rings is 1. The van der Waals surface area contributed by atoms with Crippen LogP contribution in [0.4, 0.5) is 0 Å². The van der Waals surface area contributed by atoms with Gasteiger partial charge in [0.2, 0.25) is 5.91 Å². The molecule has 30 heavy (non-hydrogen) atoms. The minimum atomic E-state index is -0.0958. The number of hydrogen-bond donors (Lipinski definition) is 1. The number of carbonyl (C=O) groups excluding carboxylic acids is 1. The molecule has 1 unspecified atom stereocenters. The van der Waals surface area contributed by atoms with Gasteiger partial charge in [-0.05, 0) is 38.2 Å².